The van der Waals surface area contributed by atoms with Gasteiger partial charge in [0.2, 0.25) is 0 Å². The van der Waals surface area contributed by atoms with Crippen molar-refractivity contribution < 1.29 is 23.3 Å². The Balaban J connectivity index is 2.56. The second-order valence-corrected chi connectivity index (χ2v) is 7.59. The molecule has 1 atom stereocenters. The van der Waals surface area contributed by atoms with Crippen LogP contribution in [0.5, 0.6) is 0 Å². The first kappa shape index (κ1) is 20.9. The zero-order valence-corrected chi connectivity index (χ0v) is 15.8. The standard InChI is InChI=1S/C17H21N3O6S/c1-4-9-26-20(16-10-18-14(11-21)12(2)13(16)3)27(24,25)17-8-6-5-7-15(17)19(22)23/h4-8,16,21H,1,9-11H2,2-3H3. The van der Waals surface area contributed by atoms with E-state index in [0.29, 0.717) is 16.9 Å². The van der Waals surface area contributed by atoms with Gasteiger partial charge in [0, 0.05) is 6.07 Å². The van der Waals surface area contributed by atoms with Crippen molar-refractivity contribution in [1.82, 2.24) is 4.47 Å². The Morgan fingerprint density at radius 2 is 2.11 bits per heavy atom. The van der Waals surface area contributed by atoms with Crippen LogP contribution in [0.4, 0.5) is 5.69 Å². The number of hydroxylamine groups is 1. The molecule has 0 bridgehead atoms. The molecule has 146 valence electrons. The minimum Gasteiger partial charge on any atom is -0.390 e. The average molecular weight is 395 g/mol. The van der Waals surface area contributed by atoms with E-state index in [1.165, 1.54) is 18.2 Å². The zero-order chi connectivity index (χ0) is 20.2. The molecule has 0 saturated heterocycles. The third kappa shape index (κ3) is 4.14. The predicted octanol–water partition coefficient (Wildman–Crippen LogP) is 1.86. The number of sulfonamides is 1. The molecule has 1 aromatic carbocycles. The van der Waals surface area contributed by atoms with E-state index in [1.54, 1.807) is 13.8 Å². The number of aliphatic imine (C=N–C) groups is 1. The van der Waals surface area contributed by atoms with Crippen molar-refractivity contribution in [2.45, 2.75) is 24.8 Å². The first-order valence-electron chi connectivity index (χ1n) is 8.09. The summed E-state index contributed by atoms with van der Waals surface area (Å²) < 4.78 is 27.2. The highest BCUT2D eigenvalue weighted by atomic mass is 32.2. The average Bonchev–Trinajstić information content (AvgIpc) is 2.65. The van der Waals surface area contributed by atoms with Crippen LogP contribution in [0.25, 0.3) is 0 Å². The van der Waals surface area contributed by atoms with Crippen LogP contribution in [0.3, 0.4) is 0 Å². The van der Waals surface area contributed by atoms with Crippen LogP contribution in [0, 0.1) is 10.1 Å². The van der Waals surface area contributed by atoms with Gasteiger partial charge in [-0.2, -0.15) is 0 Å². The van der Waals surface area contributed by atoms with E-state index in [4.69, 9.17) is 4.84 Å². The number of aliphatic hydroxyl groups excluding tert-OH is 1. The molecule has 0 spiro atoms. The zero-order valence-electron chi connectivity index (χ0n) is 15.0. The molecule has 1 aliphatic rings. The number of rotatable bonds is 8. The quantitative estimate of drug-likeness (QED) is 0.407. The second-order valence-electron chi connectivity index (χ2n) is 5.84. The lowest BCUT2D eigenvalue weighted by molar-refractivity contribution is -0.387. The number of benzene rings is 1. The summed E-state index contributed by atoms with van der Waals surface area (Å²) in [6, 6.07) is 4.28. The lowest BCUT2D eigenvalue weighted by Gasteiger charge is -2.32. The molecule has 0 saturated carbocycles. The molecule has 0 aliphatic carbocycles. The lowest BCUT2D eigenvalue weighted by Crippen LogP contribution is -2.45. The molecular weight excluding hydrogens is 374 g/mol. The third-order valence-corrected chi connectivity index (χ3v) is 6.01. The van der Waals surface area contributed by atoms with Crippen LogP contribution in [0.1, 0.15) is 13.8 Å². The van der Waals surface area contributed by atoms with Crippen LogP contribution in [0.2, 0.25) is 0 Å². The molecule has 2 rings (SSSR count). The number of nitrogens with zero attached hydrogens (tertiary/aromatic N) is 3. The summed E-state index contributed by atoms with van der Waals surface area (Å²) in [6.07, 6.45) is 1.37. The van der Waals surface area contributed by atoms with Crippen molar-refractivity contribution in [2.24, 2.45) is 4.99 Å². The fourth-order valence-corrected chi connectivity index (χ4v) is 4.31. The van der Waals surface area contributed by atoms with Crippen molar-refractivity contribution in [1.29, 1.82) is 0 Å². The first-order chi connectivity index (χ1) is 12.8. The Morgan fingerprint density at radius 1 is 1.44 bits per heavy atom. The maximum Gasteiger partial charge on any atom is 0.289 e. The monoisotopic (exact) mass is 395 g/mol. The van der Waals surface area contributed by atoms with Crippen molar-refractivity contribution in [3.8, 4) is 0 Å². The fraction of sp³-hybridized carbons (Fsp3) is 0.353. The lowest BCUT2D eigenvalue weighted by atomic mass is 9.97. The molecule has 1 heterocycles. The van der Waals surface area contributed by atoms with Gasteiger partial charge in [-0.15, -0.1) is 6.58 Å². The fourth-order valence-electron chi connectivity index (χ4n) is 2.70. The molecule has 1 aromatic rings. The molecule has 0 radical (unpaired) electrons. The predicted molar refractivity (Wildman–Crippen MR) is 99.8 cm³/mol. The van der Waals surface area contributed by atoms with E-state index < -0.39 is 31.6 Å². The summed E-state index contributed by atoms with van der Waals surface area (Å²) in [5.74, 6) is 0. The van der Waals surface area contributed by atoms with Crippen LogP contribution in [-0.2, 0) is 14.9 Å². The van der Waals surface area contributed by atoms with Crippen LogP contribution >= 0.6 is 0 Å². The Hall–Kier alpha value is -2.40. The Morgan fingerprint density at radius 3 is 2.70 bits per heavy atom. The topological polar surface area (TPSA) is 122 Å². The van der Waals surface area contributed by atoms with Crippen LogP contribution in [0.15, 0.2) is 58.0 Å². The number of hydrogen-bond acceptors (Lipinski definition) is 7. The molecule has 1 aliphatic heterocycles. The van der Waals surface area contributed by atoms with Crippen molar-refractivity contribution in [2.75, 3.05) is 19.8 Å². The molecule has 9 nitrogen and oxygen atoms in total. The normalized spacial score (nSPS) is 17.8. The van der Waals surface area contributed by atoms with Gasteiger partial charge >= 0.3 is 0 Å². The summed E-state index contributed by atoms with van der Waals surface area (Å²) in [6.45, 7) is 6.59. The summed E-state index contributed by atoms with van der Waals surface area (Å²) in [5.41, 5.74) is 1.22. The molecule has 10 heteroatoms. The van der Waals surface area contributed by atoms with Crippen molar-refractivity contribution in [3.63, 3.8) is 0 Å². The van der Waals surface area contributed by atoms with E-state index in [9.17, 15) is 23.6 Å². The van der Waals surface area contributed by atoms with Gasteiger partial charge < -0.3 is 5.11 Å². The minimum atomic E-state index is -4.37. The number of para-hydroxylation sites is 1. The van der Waals surface area contributed by atoms with Crippen molar-refractivity contribution in [3.05, 3.63) is 58.2 Å². The van der Waals surface area contributed by atoms with E-state index in [0.717, 1.165) is 16.6 Å². The Bertz CT molecular complexity index is 907. The van der Waals surface area contributed by atoms with Crippen LogP contribution in [-0.4, -0.2) is 54.4 Å². The maximum atomic E-state index is 13.2. The van der Waals surface area contributed by atoms with E-state index in [-0.39, 0.29) is 19.8 Å². The van der Waals surface area contributed by atoms with Gasteiger partial charge in [-0.05, 0) is 31.1 Å². The summed E-state index contributed by atoms with van der Waals surface area (Å²) in [7, 11) is -4.37. The third-order valence-electron chi connectivity index (χ3n) is 4.28. The molecular formula is C17H21N3O6S. The molecule has 0 amide bonds. The minimum absolute atomic E-state index is 0.0239. The summed E-state index contributed by atoms with van der Waals surface area (Å²) in [4.78, 5) is 19.7. The second kappa shape index (κ2) is 8.53. The van der Waals surface area contributed by atoms with E-state index in [2.05, 4.69) is 11.6 Å². The van der Waals surface area contributed by atoms with Gasteiger partial charge in [-0.3, -0.25) is 19.9 Å². The van der Waals surface area contributed by atoms with Crippen LogP contribution < -0.4 is 0 Å². The number of nitro groups is 1. The smallest absolute Gasteiger partial charge is 0.289 e. The van der Waals surface area contributed by atoms with E-state index in [1.807, 2.05) is 0 Å². The highest BCUT2D eigenvalue weighted by Crippen LogP contribution is 2.31. The molecule has 1 unspecified atom stereocenters. The van der Waals surface area contributed by atoms with Gasteiger partial charge in [0.25, 0.3) is 15.7 Å². The molecule has 1 N–H and O–H groups in total. The molecule has 27 heavy (non-hydrogen) atoms. The van der Waals surface area contributed by atoms with Gasteiger partial charge in [0.1, 0.15) is 0 Å². The number of nitro benzene ring substituents is 1. The van der Waals surface area contributed by atoms with Gasteiger partial charge in [-0.1, -0.05) is 22.7 Å². The van der Waals surface area contributed by atoms with Gasteiger partial charge in [0.05, 0.1) is 36.4 Å². The van der Waals surface area contributed by atoms with Gasteiger partial charge in [0.15, 0.2) is 4.90 Å². The Labute approximate surface area is 157 Å². The summed E-state index contributed by atoms with van der Waals surface area (Å²) in [5, 5.41) is 20.7. The number of dihydropyridines is 1. The number of aliphatic hydroxyl groups is 1. The van der Waals surface area contributed by atoms with E-state index >= 15 is 0 Å². The molecule has 0 aromatic heterocycles. The molecule has 0 fully saturated rings. The van der Waals surface area contributed by atoms with Gasteiger partial charge in [-0.25, -0.2) is 8.42 Å². The Kier molecular flexibility index (Phi) is 6.60. The maximum absolute atomic E-state index is 13.2. The first-order valence-corrected chi connectivity index (χ1v) is 9.53. The SMILES string of the molecule is C=CCON(C1CN=C(CO)C(C)=C1C)S(=O)(=O)c1ccccc1[N+](=O)[O-]. The van der Waals surface area contributed by atoms with Crippen molar-refractivity contribution >= 4 is 21.4 Å². The largest absolute Gasteiger partial charge is 0.390 e. The summed E-state index contributed by atoms with van der Waals surface area (Å²) >= 11 is 0. The number of hydrogen-bond donors (Lipinski definition) is 1. The highest BCUT2D eigenvalue weighted by Gasteiger charge is 2.39. The highest BCUT2D eigenvalue weighted by molar-refractivity contribution is 7.89.